The van der Waals surface area contributed by atoms with E-state index in [1.807, 2.05) is 0 Å². The zero-order valence-corrected chi connectivity index (χ0v) is 6.16. The third kappa shape index (κ3) is 4.22. The molecule has 0 spiro atoms. The molecule has 0 aliphatic rings. The van der Waals surface area contributed by atoms with Crippen molar-refractivity contribution in [2.24, 2.45) is 11.7 Å². The Bertz CT molecular complexity index is 70.9. The van der Waals surface area contributed by atoms with E-state index in [-0.39, 0.29) is 6.04 Å². The average Bonchev–Trinajstić information content (AvgIpc) is 1.65. The zero-order chi connectivity index (χ0) is 6.57. The van der Waals surface area contributed by atoms with Gasteiger partial charge in [0.05, 0.1) is 0 Å². The van der Waals surface area contributed by atoms with Gasteiger partial charge in [0.15, 0.2) is 0 Å². The summed E-state index contributed by atoms with van der Waals surface area (Å²) in [7, 11) is 0. The van der Waals surface area contributed by atoms with Crippen LogP contribution in [0.2, 0.25) is 0 Å². The third-order valence-corrected chi connectivity index (χ3v) is 1.18. The van der Waals surface area contributed by atoms with Gasteiger partial charge in [-0.2, -0.15) is 0 Å². The van der Waals surface area contributed by atoms with Gasteiger partial charge < -0.3 is 5.73 Å². The molecule has 1 unspecified atom stereocenters. The second-order valence-corrected chi connectivity index (χ2v) is 2.59. The summed E-state index contributed by atoms with van der Waals surface area (Å²) in [4.78, 5) is 0. The molecule has 0 aromatic rings. The summed E-state index contributed by atoms with van der Waals surface area (Å²) in [5, 5.41) is 2.56. The fourth-order valence-corrected chi connectivity index (χ4v) is 0.652. The molecule has 0 aliphatic heterocycles. The van der Waals surface area contributed by atoms with Gasteiger partial charge in [0, 0.05) is 11.4 Å². The molecule has 1 nitrogen and oxygen atoms in total. The first kappa shape index (κ1) is 8.05. The van der Waals surface area contributed by atoms with E-state index in [0.29, 0.717) is 5.92 Å². The molecule has 1 radical (unpaired) electrons. The molecule has 0 aliphatic carbocycles. The van der Waals surface area contributed by atoms with Gasteiger partial charge in [-0.15, -0.1) is 0 Å². The van der Waals surface area contributed by atoms with Crippen molar-refractivity contribution in [2.75, 3.05) is 0 Å². The monoisotopic (exact) mass is 130 g/mol. The molecule has 1 atom stereocenters. The molecule has 0 bridgehead atoms. The summed E-state index contributed by atoms with van der Waals surface area (Å²) in [6.07, 6.45) is 0.948. The lowest BCUT2D eigenvalue weighted by Crippen LogP contribution is -2.22. The van der Waals surface area contributed by atoms with Crippen LogP contribution in [0, 0.1) is 5.92 Å². The molecule has 0 fully saturated rings. The Morgan fingerprint density at radius 2 is 2.12 bits per heavy atom. The highest BCUT2D eigenvalue weighted by atomic mass is 32.1. The first-order chi connectivity index (χ1) is 3.66. The number of nitrogens with two attached hydrogens (primary N) is 1. The van der Waals surface area contributed by atoms with Crippen molar-refractivity contribution in [3.63, 3.8) is 0 Å². The summed E-state index contributed by atoms with van der Waals surface area (Å²) < 4.78 is 0. The smallest absolute Gasteiger partial charge is 0.0475 e. The molecule has 2 N–H and O–H groups in total. The molecule has 8 heavy (non-hydrogen) atoms. The molecule has 0 rings (SSSR count). The van der Waals surface area contributed by atoms with Gasteiger partial charge >= 0.3 is 0 Å². The van der Waals surface area contributed by atoms with Gasteiger partial charge in [-0.3, -0.25) is 0 Å². The topological polar surface area (TPSA) is 26.0 Å². The van der Waals surface area contributed by atoms with Gasteiger partial charge in [-0.05, 0) is 12.3 Å². The van der Waals surface area contributed by atoms with E-state index in [2.05, 4.69) is 31.4 Å². The summed E-state index contributed by atoms with van der Waals surface area (Å²) in [5.74, 6) is 0.625. The van der Waals surface area contributed by atoms with Crippen LogP contribution < -0.4 is 5.73 Å². The molecule has 0 saturated carbocycles. The van der Waals surface area contributed by atoms with Crippen LogP contribution in [0.1, 0.15) is 20.3 Å². The van der Waals surface area contributed by atoms with Gasteiger partial charge in [0.1, 0.15) is 0 Å². The van der Waals surface area contributed by atoms with Gasteiger partial charge in [0.2, 0.25) is 0 Å². The number of thiocarbonyl (C=S) groups is 1. The molecule has 0 amide bonds. The highest BCUT2D eigenvalue weighted by Gasteiger charge is 1.99. The van der Waals surface area contributed by atoms with Crippen molar-refractivity contribution in [2.45, 2.75) is 26.3 Å². The van der Waals surface area contributed by atoms with Crippen molar-refractivity contribution >= 4 is 17.6 Å². The summed E-state index contributed by atoms with van der Waals surface area (Å²) in [5.41, 5.74) is 5.46. The lowest BCUT2D eigenvalue weighted by Gasteiger charge is -2.05. The highest BCUT2D eigenvalue weighted by Crippen LogP contribution is 2.00. The second-order valence-electron chi connectivity index (χ2n) is 2.35. The Hall–Kier alpha value is 0.0500. The molecule has 0 saturated heterocycles. The largest absolute Gasteiger partial charge is 0.323 e. The van der Waals surface area contributed by atoms with E-state index in [4.69, 9.17) is 5.73 Å². The van der Waals surface area contributed by atoms with Crippen molar-refractivity contribution in [1.29, 1.82) is 0 Å². The lowest BCUT2D eigenvalue weighted by molar-refractivity contribution is 0.566. The number of rotatable bonds is 3. The van der Waals surface area contributed by atoms with E-state index in [9.17, 15) is 0 Å². The second kappa shape index (κ2) is 3.98. The maximum absolute atomic E-state index is 5.46. The normalized spacial score (nSPS) is 14.0. The Morgan fingerprint density at radius 1 is 1.62 bits per heavy atom. The van der Waals surface area contributed by atoms with Crippen LogP contribution in [-0.2, 0) is 0 Å². The summed E-state index contributed by atoms with van der Waals surface area (Å²) in [6.45, 7) is 4.24. The van der Waals surface area contributed by atoms with Gasteiger partial charge in [-0.1, -0.05) is 26.1 Å². The molecule has 2 heteroatoms. The van der Waals surface area contributed by atoms with Crippen LogP contribution in [0.3, 0.4) is 0 Å². The predicted octanol–water partition coefficient (Wildman–Crippen LogP) is 1.24. The molecular weight excluding hydrogens is 118 g/mol. The average molecular weight is 130 g/mol. The van der Waals surface area contributed by atoms with E-state index in [1.54, 1.807) is 0 Å². The van der Waals surface area contributed by atoms with Crippen molar-refractivity contribution < 1.29 is 0 Å². The maximum Gasteiger partial charge on any atom is 0.0475 e. The predicted molar refractivity (Wildman–Crippen MR) is 40.0 cm³/mol. The fraction of sp³-hybridized carbons (Fsp3) is 0.833. The van der Waals surface area contributed by atoms with Crippen molar-refractivity contribution in [3.8, 4) is 0 Å². The fourth-order valence-electron chi connectivity index (χ4n) is 0.556. The first-order valence-electron chi connectivity index (χ1n) is 2.80. The minimum Gasteiger partial charge on any atom is -0.323 e. The highest BCUT2D eigenvalue weighted by molar-refractivity contribution is 7.79. The standard InChI is InChI=1S/C6H12NS/c1-5(2)3-6(7)4-8/h5-6H,3,7H2,1-2H3. The van der Waals surface area contributed by atoms with E-state index >= 15 is 0 Å². The van der Waals surface area contributed by atoms with Crippen LogP contribution in [0.15, 0.2) is 0 Å². The Balaban J connectivity index is 3.23. The number of hydrogen-bond acceptors (Lipinski definition) is 2. The molecular formula is C6H12NS. The summed E-state index contributed by atoms with van der Waals surface area (Å²) >= 11 is 4.52. The quantitative estimate of drug-likeness (QED) is 0.582. The zero-order valence-electron chi connectivity index (χ0n) is 5.35. The van der Waals surface area contributed by atoms with Gasteiger partial charge in [0.25, 0.3) is 0 Å². The SMILES string of the molecule is CC(C)CC(N)[C]=S. The molecule has 47 valence electrons. The summed E-state index contributed by atoms with van der Waals surface area (Å²) in [6, 6.07) is -0.00926. The minimum absolute atomic E-state index is 0.00926. The number of hydrogen-bond donors (Lipinski definition) is 1. The maximum atomic E-state index is 5.46. The van der Waals surface area contributed by atoms with Crippen LogP contribution in [0.5, 0.6) is 0 Å². The molecule has 0 aromatic carbocycles. The Kier molecular flexibility index (Phi) is 4.01. The lowest BCUT2D eigenvalue weighted by atomic mass is 10.1. The Morgan fingerprint density at radius 3 is 2.25 bits per heavy atom. The Labute approximate surface area is 56.3 Å². The van der Waals surface area contributed by atoms with E-state index in [1.165, 1.54) is 0 Å². The molecule has 0 aromatic heterocycles. The van der Waals surface area contributed by atoms with Crippen LogP contribution >= 0.6 is 12.2 Å². The minimum atomic E-state index is -0.00926. The van der Waals surface area contributed by atoms with E-state index < -0.39 is 0 Å². The van der Waals surface area contributed by atoms with Crippen molar-refractivity contribution in [1.82, 2.24) is 0 Å². The van der Waals surface area contributed by atoms with Gasteiger partial charge in [-0.25, -0.2) is 0 Å². The molecule has 0 heterocycles. The first-order valence-corrected chi connectivity index (χ1v) is 3.21. The third-order valence-electron chi connectivity index (χ3n) is 0.877. The van der Waals surface area contributed by atoms with Crippen LogP contribution in [0.4, 0.5) is 0 Å². The van der Waals surface area contributed by atoms with Crippen molar-refractivity contribution in [3.05, 3.63) is 0 Å². The van der Waals surface area contributed by atoms with E-state index in [0.717, 1.165) is 6.42 Å². The van der Waals surface area contributed by atoms with Crippen LogP contribution in [0.25, 0.3) is 0 Å². The van der Waals surface area contributed by atoms with Crippen LogP contribution in [-0.4, -0.2) is 11.4 Å².